The lowest BCUT2D eigenvalue weighted by molar-refractivity contribution is -0.183. The van der Waals surface area contributed by atoms with Gasteiger partial charge < -0.3 is 20.7 Å². The van der Waals surface area contributed by atoms with Crippen LogP contribution in [0.4, 0.5) is 19.0 Å². The summed E-state index contributed by atoms with van der Waals surface area (Å²) in [5.41, 5.74) is 7.80. The van der Waals surface area contributed by atoms with Crippen LogP contribution >= 0.6 is 0 Å². The fourth-order valence-electron chi connectivity index (χ4n) is 5.63. The maximum absolute atomic E-state index is 13.4. The van der Waals surface area contributed by atoms with Crippen molar-refractivity contribution in [3.63, 3.8) is 0 Å². The Morgan fingerprint density at radius 2 is 1.92 bits per heavy atom. The van der Waals surface area contributed by atoms with Crippen LogP contribution in [0.1, 0.15) is 56.5 Å². The van der Waals surface area contributed by atoms with Gasteiger partial charge in [0.25, 0.3) is 5.78 Å². The molecule has 1 saturated carbocycles. The van der Waals surface area contributed by atoms with E-state index in [-0.39, 0.29) is 31.3 Å². The molecule has 198 valence electrons. The summed E-state index contributed by atoms with van der Waals surface area (Å²) in [4.78, 5) is 24.0. The van der Waals surface area contributed by atoms with Crippen molar-refractivity contribution in [3.05, 3.63) is 17.6 Å². The van der Waals surface area contributed by atoms with E-state index in [9.17, 15) is 18.0 Å². The van der Waals surface area contributed by atoms with Crippen LogP contribution in [0.5, 0.6) is 0 Å². The zero-order valence-corrected chi connectivity index (χ0v) is 20.5. The molecule has 4 heterocycles. The van der Waals surface area contributed by atoms with Crippen molar-refractivity contribution < 1.29 is 22.7 Å². The number of piperidine rings is 1. The largest absolute Gasteiger partial charge is 0.393 e. The first-order valence-corrected chi connectivity index (χ1v) is 12.9. The van der Waals surface area contributed by atoms with Gasteiger partial charge in [0.2, 0.25) is 5.91 Å². The van der Waals surface area contributed by atoms with Crippen molar-refractivity contribution in [1.29, 1.82) is 0 Å². The molecule has 1 aliphatic carbocycles. The Morgan fingerprint density at radius 1 is 1.19 bits per heavy atom. The standard InChI is InChI=1S/C24H34F3N7O2/c1-14-2-4-15(5-3-14)20(28)19-13-34-23(30-19)31-21(33-6-8-36-9-7-33)18(32-34)11-16-10-17(24(25,26)27)12-29-22(16)35/h13-17,20H,2-12,28H2,1H3,(H,29,35)/t14?,15?,16?,17-,20+/m1/s1. The lowest BCUT2D eigenvalue weighted by atomic mass is 9.79. The highest BCUT2D eigenvalue weighted by Gasteiger charge is 2.45. The number of amides is 1. The normalized spacial score (nSPS) is 28.8. The van der Waals surface area contributed by atoms with Gasteiger partial charge in [-0.2, -0.15) is 23.3 Å². The number of rotatable bonds is 5. The van der Waals surface area contributed by atoms with E-state index in [1.54, 1.807) is 10.7 Å². The molecule has 0 bridgehead atoms. The monoisotopic (exact) mass is 509 g/mol. The fourth-order valence-corrected chi connectivity index (χ4v) is 5.63. The first-order valence-electron chi connectivity index (χ1n) is 12.9. The molecule has 1 unspecified atom stereocenters. The van der Waals surface area contributed by atoms with E-state index in [2.05, 4.69) is 17.2 Å². The van der Waals surface area contributed by atoms with Crippen LogP contribution in [-0.2, 0) is 16.0 Å². The molecule has 2 aromatic rings. The van der Waals surface area contributed by atoms with Crippen molar-refractivity contribution in [2.24, 2.45) is 29.4 Å². The smallest absolute Gasteiger partial charge is 0.378 e. The molecule has 0 aromatic carbocycles. The molecule has 0 radical (unpaired) electrons. The minimum Gasteiger partial charge on any atom is -0.378 e. The van der Waals surface area contributed by atoms with Gasteiger partial charge in [0.1, 0.15) is 5.69 Å². The SMILES string of the molecule is CC1CCC([C@H](N)c2cn3nc(CC4C[C@@H](C(F)(F)F)CNC4=O)c(N4CCOCC4)nc3n2)CC1. The molecule has 3 fully saturated rings. The van der Waals surface area contributed by atoms with Crippen molar-refractivity contribution in [3.8, 4) is 0 Å². The minimum absolute atomic E-state index is 0.0636. The average molecular weight is 510 g/mol. The molecule has 2 saturated heterocycles. The number of aromatic nitrogens is 4. The van der Waals surface area contributed by atoms with Crippen LogP contribution in [0.15, 0.2) is 6.20 Å². The summed E-state index contributed by atoms with van der Waals surface area (Å²) in [7, 11) is 0. The molecule has 3 aliphatic rings. The maximum Gasteiger partial charge on any atom is 0.393 e. The van der Waals surface area contributed by atoms with Crippen molar-refractivity contribution in [2.75, 3.05) is 37.7 Å². The van der Waals surface area contributed by atoms with Crippen LogP contribution in [-0.4, -0.2) is 64.5 Å². The second-order valence-corrected chi connectivity index (χ2v) is 10.6. The number of hydrogen-bond acceptors (Lipinski definition) is 7. The number of ether oxygens (including phenoxy) is 1. The topological polar surface area (TPSA) is 111 Å². The van der Waals surface area contributed by atoms with Crippen molar-refractivity contribution >= 4 is 17.5 Å². The maximum atomic E-state index is 13.4. The van der Waals surface area contributed by atoms with Crippen molar-refractivity contribution in [1.82, 2.24) is 24.9 Å². The molecule has 2 aromatic heterocycles. The van der Waals surface area contributed by atoms with E-state index >= 15 is 0 Å². The molecule has 9 nitrogen and oxygen atoms in total. The number of alkyl halides is 3. The predicted octanol–water partition coefficient (Wildman–Crippen LogP) is 2.64. The number of nitrogens with one attached hydrogen (secondary N) is 1. The predicted molar refractivity (Wildman–Crippen MR) is 126 cm³/mol. The Kier molecular flexibility index (Phi) is 7.08. The Morgan fingerprint density at radius 3 is 2.61 bits per heavy atom. The second kappa shape index (κ2) is 10.1. The van der Waals surface area contributed by atoms with Gasteiger partial charge in [-0.1, -0.05) is 19.8 Å². The van der Waals surface area contributed by atoms with Gasteiger partial charge in [0, 0.05) is 32.0 Å². The summed E-state index contributed by atoms with van der Waals surface area (Å²) in [6.45, 7) is 4.05. The molecule has 12 heteroatoms. The lowest BCUT2D eigenvalue weighted by Crippen LogP contribution is -2.47. The number of halogens is 3. The fraction of sp³-hybridized carbons (Fsp3) is 0.750. The third kappa shape index (κ3) is 5.29. The Balaban J connectivity index is 1.45. The number of nitrogens with two attached hydrogens (primary N) is 1. The van der Waals surface area contributed by atoms with Crippen molar-refractivity contribution in [2.45, 2.75) is 57.7 Å². The van der Waals surface area contributed by atoms with E-state index in [1.165, 1.54) is 0 Å². The van der Waals surface area contributed by atoms with Gasteiger partial charge >= 0.3 is 6.18 Å². The first-order chi connectivity index (χ1) is 17.2. The second-order valence-electron chi connectivity index (χ2n) is 10.6. The van der Waals surface area contributed by atoms with Crippen LogP contribution in [0.2, 0.25) is 0 Å². The summed E-state index contributed by atoms with van der Waals surface area (Å²) in [6, 6.07) is -0.229. The first kappa shape index (κ1) is 25.2. The molecule has 36 heavy (non-hydrogen) atoms. The number of morpholine rings is 1. The third-order valence-electron chi connectivity index (χ3n) is 7.97. The van der Waals surface area contributed by atoms with E-state index in [4.69, 9.17) is 20.6 Å². The van der Waals surface area contributed by atoms with Crippen LogP contribution in [0.25, 0.3) is 5.78 Å². The number of hydrogen-bond donors (Lipinski definition) is 2. The Labute approximate surface area is 208 Å². The van der Waals surface area contributed by atoms with E-state index < -0.39 is 18.0 Å². The highest BCUT2D eigenvalue weighted by Crippen LogP contribution is 2.36. The number of imidazole rings is 1. The highest BCUT2D eigenvalue weighted by molar-refractivity contribution is 5.80. The zero-order valence-electron chi connectivity index (χ0n) is 20.5. The van der Waals surface area contributed by atoms with E-state index in [1.807, 2.05) is 4.90 Å². The minimum atomic E-state index is -4.36. The van der Waals surface area contributed by atoms with E-state index in [0.29, 0.717) is 61.1 Å². The quantitative estimate of drug-likeness (QED) is 0.638. The van der Waals surface area contributed by atoms with Crippen LogP contribution < -0.4 is 16.0 Å². The molecule has 3 N–H and O–H groups in total. The summed E-state index contributed by atoms with van der Waals surface area (Å²) in [5.74, 6) is -0.794. The molecule has 5 rings (SSSR count). The highest BCUT2D eigenvalue weighted by atomic mass is 19.4. The zero-order chi connectivity index (χ0) is 25.4. The summed E-state index contributed by atoms with van der Waals surface area (Å²) < 4.78 is 47.2. The molecular weight excluding hydrogens is 475 g/mol. The van der Waals surface area contributed by atoms with Gasteiger partial charge in [-0.3, -0.25) is 4.79 Å². The Hall–Kier alpha value is -2.47. The van der Waals surface area contributed by atoms with E-state index in [0.717, 1.165) is 25.7 Å². The van der Waals surface area contributed by atoms with Crippen LogP contribution in [0.3, 0.4) is 0 Å². The summed E-state index contributed by atoms with van der Waals surface area (Å²) in [5, 5.41) is 7.15. The number of carbonyl (C=O) groups is 1. The molecule has 3 atom stereocenters. The molecular formula is C24H34F3N7O2. The number of anilines is 1. The summed E-state index contributed by atoms with van der Waals surface area (Å²) >= 11 is 0. The summed E-state index contributed by atoms with van der Waals surface area (Å²) in [6.07, 6.45) is 1.62. The van der Waals surface area contributed by atoms with Gasteiger partial charge in [-0.25, -0.2) is 9.50 Å². The van der Waals surface area contributed by atoms with Gasteiger partial charge in [-0.05, 0) is 31.1 Å². The number of nitrogens with zero attached hydrogens (tertiary/aromatic N) is 5. The average Bonchev–Trinajstić information content (AvgIpc) is 3.28. The molecule has 2 aliphatic heterocycles. The number of fused-ring (bicyclic) bond motifs is 1. The van der Waals surface area contributed by atoms with Gasteiger partial charge in [0.15, 0.2) is 5.82 Å². The molecule has 1 amide bonds. The number of carbonyl (C=O) groups excluding carboxylic acids is 1. The Bertz CT molecular complexity index is 1080. The third-order valence-corrected chi connectivity index (χ3v) is 7.97. The van der Waals surface area contributed by atoms with Gasteiger partial charge in [-0.15, -0.1) is 0 Å². The molecule has 0 spiro atoms. The van der Waals surface area contributed by atoms with Crippen LogP contribution in [0, 0.1) is 23.7 Å². The van der Waals surface area contributed by atoms with Gasteiger partial charge in [0.05, 0.1) is 37.1 Å². The lowest BCUT2D eigenvalue weighted by Gasteiger charge is -2.32.